The molecule has 1 aliphatic rings. The van der Waals surface area contributed by atoms with Gasteiger partial charge >= 0.3 is 0 Å². The molecule has 0 spiro atoms. The number of aromatic nitrogens is 4. The molecule has 0 saturated carbocycles. The fraction of sp³-hybridized carbons (Fsp3) is 0.286. The minimum absolute atomic E-state index is 0.101. The molecule has 4 N–H and O–H groups in total. The third-order valence-corrected chi connectivity index (χ3v) is 7.78. The summed E-state index contributed by atoms with van der Waals surface area (Å²) in [6, 6.07) is 7.36. The summed E-state index contributed by atoms with van der Waals surface area (Å²) < 4.78 is 21.9. The number of carbonyl (C=O) groups excluding carboxylic acids is 1. The lowest BCUT2D eigenvalue weighted by molar-refractivity contribution is -0.134. The van der Waals surface area contributed by atoms with Crippen molar-refractivity contribution in [1.29, 1.82) is 0 Å². The number of halogens is 3. The van der Waals surface area contributed by atoms with Crippen molar-refractivity contribution in [2.75, 3.05) is 18.8 Å². The van der Waals surface area contributed by atoms with E-state index in [1.165, 1.54) is 12.1 Å². The van der Waals surface area contributed by atoms with Crippen molar-refractivity contribution in [2.45, 2.75) is 38.0 Å². The number of pyridine rings is 2. The molecule has 5 rings (SSSR count). The van der Waals surface area contributed by atoms with E-state index in [0.29, 0.717) is 30.0 Å². The Balaban J connectivity index is 1.25. The van der Waals surface area contributed by atoms with E-state index in [2.05, 4.69) is 15.1 Å². The zero-order chi connectivity index (χ0) is 28.4. The van der Waals surface area contributed by atoms with Gasteiger partial charge in [-0.05, 0) is 49.6 Å². The van der Waals surface area contributed by atoms with Gasteiger partial charge in [0.1, 0.15) is 18.0 Å². The van der Waals surface area contributed by atoms with Gasteiger partial charge in [-0.2, -0.15) is 5.10 Å². The van der Waals surface area contributed by atoms with Crippen LogP contribution in [-0.4, -0.2) is 43.6 Å². The van der Waals surface area contributed by atoms with Crippen LogP contribution < -0.4 is 16.2 Å². The second-order valence-electron chi connectivity index (χ2n) is 9.65. The Morgan fingerprint density at radius 2 is 1.93 bits per heavy atom. The third kappa shape index (κ3) is 5.74. The highest BCUT2D eigenvalue weighted by Crippen LogP contribution is 2.37. The van der Waals surface area contributed by atoms with E-state index in [0.717, 1.165) is 24.0 Å². The summed E-state index contributed by atoms with van der Waals surface area (Å²) in [7, 11) is 0. The van der Waals surface area contributed by atoms with Crippen LogP contribution in [0.1, 0.15) is 49.1 Å². The van der Waals surface area contributed by atoms with Crippen LogP contribution >= 0.6 is 23.2 Å². The molecule has 1 amide bonds. The molecule has 4 heterocycles. The molecule has 1 aromatic carbocycles. The van der Waals surface area contributed by atoms with Gasteiger partial charge in [0.15, 0.2) is 11.6 Å². The summed E-state index contributed by atoms with van der Waals surface area (Å²) in [5.74, 6) is -0.211. The van der Waals surface area contributed by atoms with Crippen molar-refractivity contribution in [3.63, 3.8) is 0 Å². The number of hydrogen-bond acceptors (Lipinski definition) is 7. The number of nitrogens with zero attached hydrogens (tertiary/aromatic N) is 5. The van der Waals surface area contributed by atoms with E-state index >= 15 is 0 Å². The van der Waals surface area contributed by atoms with Gasteiger partial charge in [0.25, 0.3) is 0 Å². The lowest BCUT2D eigenvalue weighted by atomic mass is 10.0. The van der Waals surface area contributed by atoms with E-state index in [1.807, 2.05) is 16.9 Å². The monoisotopic (exact) mass is 583 g/mol. The largest absolute Gasteiger partial charge is 0.482 e. The molecular weight excluding hydrogens is 556 g/mol. The van der Waals surface area contributed by atoms with Crippen LogP contribution in [0.4, 0.5) is 10.2 Å². The molecule has 9 nitrogen and oxygen atoms in total. The first kappa shape index (κ1) is 27.8. The van der Waals surface area contributed by atoms with E-state index in [9.17, 15) is 9.18 Å². The maximum atomic E-state index is 14.0. The van der Waals surface area contributed by atoms with Gasteiger partial charge in [-0.25, -0.2) is 9.37 Å². The molecule has 0 unspecified atom stereocenters. The highest BCUT2D eigenvalue weighted by Gasteiger charge is 2.28. The number of piperidine rings is 1. The Hall–Kier alpha value is -3.73. The number of carbonyl (C=O) groups is 1. The molecule has 1 saturated heterocycles. The second kappa shape index (κ2) is 11.8. The number of benzene rings is 1. The Morgan fingerprint density at radius 1 is 1.15 bits per heavy atom. The van der Waals surface area contributed by atoms with Crippen LogP contribution in [0.3, 0.4) is 0 Å². The predicted molar refractivity (Wildman–Crippen MR) is 151 cm³/mol. The molecule has 0 radical (unpaired) electrons. The van der Waals surface area contributed by atoms with Gasteiger partial charge in [0, 0.05) is 59.6 Å². The third-order valence-electron chi connectivity index (χ3n) is 7.07. The minimum atomic E-state index is -0.730. The minimum Gasteiger partial charge on any atom is -0.482 e. The van der Waals surface area contributed by atoms with E-state index in [-0.39, 0.29) is 27.8 Å². The van der Waals surface area contributed by atoms with Crippen LogP contribution in [0.25, 0.3) is 11.1 Å². The van der Waals surface area contributed by atoms with E-state index < -0.39 is 18.0 Å². The van der Waals surface area contributed by atoms with Crippen molar-refractivity contribution >= 4 is 34.9 Å². The standard InChI is InChI=1S/C28H28Cl2FN7O2/c1-16(24-21(29)4-5-22(31)25(24)30)40-23-11-18(13-35-27(23)33)19-14-36-38(15-19)20-6-9-37(10-7-20)28(39)26(32)17-3-2-8-34-12-17/h2-5,8,11-16,20,26H,6-7,9-10,32H2,1H3,(H2,33,35)/t16-,26-/m1/s1. The number of ether oxygens (including phenoxy) is 1. The summed E-state index contributed by atoms with van der Waals surface area (Å²) in [6.07, 6.45) is 9.39. The zero-order valence-electron chi connectivity index (χ0n) is 21.7. The van der Waals surface area contributed by atoms with Gasteiger partial charge < -0.3 is 21.1 Å². The predicted octanol–water partition coefficient (Wildman–Crippen LogP) is 5.37. The first-order valence-corrected chi connectivity index (χ1v) is 13.5. The van der Waals surface area contributed by atoms with Crippen molar-refractivity contribution in [3.05, 3.63) is 88.3 Å². The molecule has 12 heteroatoms. The van der Waals surface area contributed by atoms with Crippen LogP contribution in [0.15, 0.2) is 61.3 Å². The molecule has 1 aliphatic heterocycles. The highest BCUT2D eigenvalue weighted by atomic mass is 35.5. The van der Waals surface area contributed by atoms with Crippen molar-refractivity contribution < 1.29 is 13.9 Å². The SMILES string of the molecule is C[C@@H](Oc1cc(-c2cnn(C3CCN(C(=O)[C@H](N)c4cccnc4)CC3)c2)cnc1N)c1c(Cl)ccc(F)c1Cl. The number of amides is 1. The van der Waals surface area contributed by atoms with Crippen LogP contribution in [0.2, 0.25) is 10.0 Å². The Morgan fingerprint density at radius 3 is 2.65 bits per heavy atom. The van der Waals surface area contributed by atoms with Gasteiger partial charge in [-0.15, -0.1) is 0 Å². The molecule has 2 atom stereocenters. The van der Waals surface area contributed by atoms with Crippen LogP contribution in [0.5, 0.6) is 5.75 Å². The maximum absolute atomic E-state index is 14.0. The zero-order valence-corrected chi connectivity index (χ0v) is 23.2. The molecule has 0 bridgehead atoms. The first-order valence-electron chi connectivity index (χ1n) is 12.8. The van der Waals surface area contributed by atoms with Gasteiger partial charge in [0.2, 0.25) is 5.91 Å². The Bertz CT molecular complexity index is 1510. The number of nitrogen functional groups attached to an aromatic ring is 1. The molecule has 4 aromatic rings. The van der Waals surface area contributed by atoms with Crippen molar-refractivity contribution in [3.8, 4) is 16.9 Å². The van der Waals surface area contributed by atoms with E-state index in [1.54, 1.807) is 48.7 Å². The molecule has 40 heavy (non-hydrogen) atoms. The molecule has 208 valence electrons. The lowest BCUT2D eigenvalue weighted by Crippen LogP contribution is -2.43. The fourth-order valence-corrected chi connectivity index (χ4v) is 5.49. The number of rotatable bonds is 7. The Labute approximate surface area is 240 Å². The van der Waals surface area contributed by atoms with Crippen molar-refractivity contribution in [1.82, 2.24) is 24.6 Å². The lowest BCUT2D eigenvalue weighted by Gasteiger charge is -2.33. The van der Waals surface area contributed by atoms with Gasteiger partial charge in [0.05, 0.1) is 17.3 Å². The van der Waals surface area contributed by atoms with Crippen LogP contribution in [0, 0.1) is 5.82 Å². The normalized spacial score (nSPS) is 15.6. The summed E-state index contributed by atoms with van der Waals surface area (Å²) in [6.45, 7) is 2.87. The quantitative estimate of drug-likeness (QED) is 0.280. The smallest absolute Gasteiger partial charge is 0.244 e. The Kier molecular flexibility index (Phi) is 8.20. The highest BCUT2D eigenvalue weighted by molar-refractivity contribution is 6.36. The average Bonchev–Trinajstić information content (AvgIpc) is 3.47. The maximum Gasteiger partial charge on any atom is 0.244 e. The summed E-state index contributed by atoms with van der Waals surface area (Å²) in [5.41, 5.74) is 14.9. The molecule has 3 aromatic heterocycles. The average molecular weight is 584 g/mol. The van der Waals surface area contributed by atoms with Crippen molar-refractivity contribution in [2.24, 2.45) is 5.73 Å². The van der Waals surface area contributed by atoms with Crippen LogP contribution in [-0.2, 0) is 4.79 Å². The number of hydrogen-bond donors (Lipinski definition) is 2. The molecule has 0 aliphatic carbocycles. The molecule has 1 fully saturated rings. The topological polar surface area (TPSA) is 125 Å². The summed E-state index contributed by atoms with van der Waals surface area (Å²) >= 11 is 12.4. The molecular formula is C28H28Cl2FN7O2. The first-order chi connectivity index (χ1) is 19.2. The van der Waals surface area contributed by atoms with Gasteiger partial charge in [-0.1, -0.05) is 29.3 Å². The van der Waals surface area contributed by atoms with E-state index in [4.69, 9.17) is 39.4 Å². The number of likely N-dealkylation sites (tertiary alicyclic amines) is 1. The summed E-state index contributed by atoms with van der Waals surface area (Å²) in [5, 5.41) is 4.75. The summed E-state index contributed by atoms with van der Waals surface area (Å²) in [4.78, 5) is 23.0. The van der Waals surface area contributed by atoms with Gasteiger partial charge in [-0.3, -0.25) is 14.5 Å². The number of nitrogens with two attached hydrogens (primary N) is 2. The second-order valence-corrected chi connectivity index (χ2v) is 10.4. The fourth-order valence-electron chi connectivity index (χ4n) is 4.81. The number of anilines is 1.